The van der Waals surface area contributed by atoms with Gasteiger partial charge in [-0.2, -0.15) is 0 Å². The van der Waals surface area contributed by atoms with Gasteiger partial charge in [0.1, 0.15) is 0 Å². The maximum absolute atomic E-state index is 8.68. The van der Waals surface area contributed by atoms with Crippen molar-refractivity contribution < 1.29 is 5.11 Å². The maximum atomic E-state index is 8.68. The zero-order valence-corrected chi connectivity index (χ0v) is 12.4. The van der Waals surface area contributed by atoms with Gasteiger partial charge in [0.2, 0.25) is 0 Å². The van der Waals surface area contributed by atoms with Crippen molar-refractivity contribution in [2.45, 2.75) is 33.7 Å². The van der Waals surface area contributed by atoms with Crippen molar-refractivity contribution in [3.63, 3.8) is 0 Å². The van der Waals surface area contributed by atoms with Crippen LogP contribution in [0.25, 0.3) is 0 Å². The molecule has 0 aliphatic rings. The third kappa shape index (κ3) is 5.68. The van der Waals surface area contributed by atoms with E-state index >= 15 is 0 Å². The summed E-state index contributed by atoms with van der Waals surface area (Å²) in [7, 11) is 0. The van der Waals surface area contributed by atoms with E-state index in [0.29, 0.717) is 12.3 Å². The molecule has 18 heavy (non-hydrogen) atoms. The largest absolute Gasteiger partial charge is 0.395 e. The molecule has 0 amide bonds. The van der Waals surface area contributed by atoms with Crippen molar-refractivity contribution >= 4 is 11.3 Å². The van der Waals surface area contributed by atoms with Crippen LogP contribution in [0.2, 0.25) is 0 Å². The predicted octanol–water partition coefficient (Wildman–Crippen LogP) is 2.96. The number of thiophene rings is 1. The van der Waals surface area contributed by atoms with Crippen molar-refractivity contribution in [1.82, 2.24) is 4.90 Å². The van der Waals surface area contributed by atoms with Gasteiger partial charge in [-0.25, -0.2) is 0 Å². The van der Waals surface area contributed by atoms with Crippen LogP contribution in [-0.2, 0) is 6.54 Å². The lowest BCUT2D eigenvalue weighted by Crippen LogP contribution is -2.26. The minimum Gasteiger partial charge on any atom is -0.395 e. The summed E-state index contributed by atoms with van der Waals surface area (Å²) in [6, 6.07) is 2.16. The van der Waals surface area contributed by atoms with Crippen LogP contribution in [0.15, 0.2) is 11.4 Å². The van der Waals surface area contributed by atoms with E-state index in [9.17, 15) is 0 Å². The number of aliphatic hydroxyl groups excluding tert-OH is 1. The molecule has 0 spiro atoms. The molecule has 100 valence electrons. The second-order valence-electron chi connectivity index (χ2n) is 4.80. The van der Waals surface area contributed by atoms with Crippen LogP contribution < -0.4 is 0 Å². The summed E-state index contributed by atoms with van der Waals surface area (Å²) in [6.07, 6.45) is 0.555. The van der Waals surface area contributed by atoms with E-state index in [1.807, 2.05) is 0 Å². The number of hydrogen-bond acceptors (Lipinski definition) is 3. The van der Waals surface area contributed by atoms with Gasteiger partial charge in [0, 0.05) is 35.3 Å². The fraction of sp³-hybridized carbons (Fsp3) is 0.600. The molecule has 2 nitrogen and oxygen atoms in total. The van der Waals surface area contributed by atoms with E-state index in [4.69, 9.17) is 5.11 Å². The highest BCUT2D eigenvalue weighted by Crippen LogP contribution is 2.16. The van der Waals surface area contributed by atoms with Crippen LogP contribution in [-0.4, -0.2) is 29.7 Å². The van der Waals surface area contributed by atoms with E-state index in [-0.39, 0.29) is 6.61 Å². The lowest BCUT2D eigenvalue weighted by atomic mass is 10.2. The Labute approximate surface area is 115 Å². The zero-order chi connectivity index (χ0) is 13.4. The standard InChI is InChI=1S/C15H23NOS/c1-4-16(10-13(2)3)11-15-9-14(12-18-15)7-5-6-8-17/h9,12-13,17H,4,6,8,10-11H2,1-3H3. The fourth-order valence-corrected chi connectivity index (χ4v) is 2.65. The molecule has 1 aromatic rings. The average Bonchev–Trinajstić information content (AvgIpc) is 2.76. The Hall–Kier alpha value is -0.820. The van der Waals surface area contributed by atoms with Crippen LogP contribution in [0.1, 0.15) is 37.6 Å². The molecule has 3 heteroatoms. The zero-order valence-electron chi connectivity index (χ0n) is 11.6. The first kappa shape index (κ1) is 15.2. The van der Waals surface area contributed by atoms with E-state index in [2.05, 4.69) is 49.0 Å². The summed E-state index contributed by atoms with van der Waals surface area (Å²) in [5.41, 5.74) is 1.07. The van der Waals surface area contributed by atoms with Crippen LogP contribution >= 0.6 is 11.3 Å². The van der Waals surface area contributed by atoms with Gasteiger partial charge in [-0.05, 0) is 18.5 Å². The molecule has 0 aromatic carbocycles. The van der Waals surface area contributed by atoms with Gasteiger partial charge < -0.3 is 5.11 Å². The molecule has 0 saturated carbocycles. The van der Waals surface area contributed by atoms with E-state index in [1.54, 1.807) is 11.3 Å². The van der Waals surface area contributed by atoms with Gasteiger partial charge >= 0.3 is 0 Å². The fourth-order valence-electron chi connectivity index (χ4n) is 1.79. The number of rotatable bonds is 6. The highest BCUT2D eigenvalue weighted by molar-refractivity contribution is 7.10. The Morgan fingerprint density at radius 3 is 2.83 bits per heavy atom. The highest BCUT2D eigenvalue weighted by Gasteiger charge is 2.07. The third-order valence-electron chi connectivity index (χ3n) is 2.57. The molecule has 0 aliphatic carbocycles. The van der Waals surface area contributed by atoms with Crippen LogP contribution in [0.3, 0.4) is 0 Å². The molecule has 1 N–H and O–H groups in total. The van der Waals surface area contributed by atoms with Crippen LogP contribution in [0.5, 0.6) is 0 Å². The first-order chi connectivity index (χ1) is 8.65. The predicted molar refractivity (Wildman–Crippen MR) is 78.7 cm³/mol. The Kier molecular flexibility index (Phi) is 7.04. The second-order valence-corrected chi connectivity index (χ2v) is 5.79. The summed E-state index contributed by atoms with van der Waals surface area (Å²) in [5.74, 6) is 6.74. The highest BCUT2D eigenvalue weighted by atomic mass is 32.1. The van der Waals surface area contributed by atoms with Gasteiger partial charge in [-0.15, -0.1) is 11.3 Å². The molecular weight excluding hydrogens is 242 g/mol. The van der Waals surface area contributed by atoms with Crippen molar-refractivity contribution in [1.29, 1.82) is 0 Å². The molecule has 0 saturated heterocycles. The molecule has 0 aliphatic heterocycles. The van der Waals surface area contributed by atoms with Gasteiger partial charge in [-0.1, -0.05) is 32.6 Å². The second kappa shape index (κ2) is 8.31. The normalized spacial score (nSPS) is 10.8. The summed E-state index contributed by atoms with van der Waals surface area (Å²) in [5, 5.41) is 10.8. The molecule has 0 fully saturated rings. The Balaban J connectivity index is 2.55. The third-order valence-corrected chi connectivity index (χ3v) is 3.49. The first-order valence-electron chi connectivity index (χ1n) is 6.55. The van der Waals surface area contributed by atoms with E-state index < -0.39 is 0 Å². The Bertz CT molecular complexity index is 400. The summed E-state index contributed by atoms with van der Waals surface area (Å²) in [6.45, 7) is 10.1. The van der Waals surface area contributed by atoms with Gasteiger partial charge in [-0.3, -0.25) is 4.90 Å². The van der Waals surface area contributed by atoms with Crippen molar-refractivity contribution in [3.05, 3.63) is 21.9 Å². The van der Waals surface area contributed by atoms with Crippen LogP contribution in [0.4, 0.5) is 0 Å². The molecule has 1 heterocycles. The van der Waals surface area contributed by atoms with Crippen molar-refractivity contribution in [3.8, 4) is 11.8 Å². The SMILES string of the molecule is CCN(Cc1cc(C#CCCO)cs1)CC(C)C. The smallest absolute Gasteiger partial charge is 0.0540 e. The quantitative estimate of drug-likeness (QED) is 0.799. The number of aliphatic hydroxyl groups is 1. The molecular formula is C15H23NOS. The van der Waals surface area contributed by atoms with E-state index in [0.717, 1.165) is 25.2 Å². The van der Waals surface area contributed by atoms with Gasteiger partial charge in [0.25, 0.3) is 0 Å². The number of nitrogens with zero attached hydrogens (tertiary/aromatic N) is 1. The minimum absolute atomic E-state index is 0.141. The van der Waals surface area contributed by atoms with Crippen LogP contribution in [0, 0.1) is 17.8 Å². The number of hydrogen-bond donors (Lipinski definition) is 1. The topological polar surface area (TPSA) is 23.5 Å². The van der Waals surface area contributed by atoms with Gasteiger partial charge in [0.05, 0.1) is 6.61 Å². The average molecular weight is 265 g/mol. The van der Waals surface area contributed by atoms with Crippen molar-refractivity contribution in [2.75, 3.05) is 19.7 Å². The molecule has 0 atom stereocenters. The monoisotopic (exact) mass is 265 g/mol. The Morgan fingerprint density at radius 1 is 1.44 bits per heavy atom. The molecule has 1 aromatic heterocycles. The Morgan fingerprint density at radius 2 is 2.22 bits per heavy atom. The molecule has 0 bridgehead atoms. The summed E-state index contributed by atoms with van der Waals surface area (Å²) >= 11 is 1.77. The lowest BCUT2D eigenvalue weighted by Gasteiger charge is -2.21. The lowest BCUT2D eigenvalue weighted by molar-refractivity contribution is 0.250. The molecule has 1 rings (SSSR count). The first-order valence-corrected chi connectivity index (χ1v) is 7.43. The minimum atomic E-state index is 0.141. The summed E-state index contributed by atoms with van der Waals surface area (Å²) < 4.78 is 0. The van der Waals surface area contributed by atoms with E-state index in [1.165, 1.54) is 4.88 Å². The van der Waals surface area contributed by atoms with Gasteiger partial charge in [0.15, 0.2) is 0 Å². The summed E-state index contributed by atoms with van der Waals surface area (Å²) in [4.78, 5) is 3.83. The molecule has 0 radical (unpaired) electrons. The van der Waals surface area contributed by atoms with Crippen molar-refractivity contribution in [2.24, 2.45) is 5.92 Å². The maximum Gasteiger partial charge on any atom is 0.0540 e. The molecule has 0 unspecified atom stereocenters.